The number of ether oxygens (including phenoxy) is 2. The van der Waals surface area contributed by atoms with Crippen LogP contribution in [0, 0.1) is 0 Å². The van der Waals surface area contributed by atoms with Crippen molar-refractivity contribution in [1.82, 2.24) is 4.57 Å². The largest absolute Gasteiger partial charge is 0.460 e. The molecule has 182 valence electrons. The molecule has 0 saturated heterocycles. The lowest BCUT2D eigenvalue weighted by Gasteiger charge is -2.25. The summed E-state index contributed by atoms with van der Waals surface area (Å²) in [7, 11) is 1.53. The van der Waals surface area contributed by atoms with Crippen LogP contribution in [0.3, 0.4) is 0 Å². The molecule has 1 aliphatic heterocycles. The SMILES string of the molecule is COCCOC(=O)C1=C(C)N=c2sc(=Cc3ccc(C(C)C)cc3)c(=O)n2C1c1ccccc1Cl. The number of carbonyl (C=O) groups is 1. The number of hydrogen-bond donors (Lipinski definition) is 0. The molecular formula is C27H27ClN2O4S. The minimum Gasteiger partial charge on any atom is -0.460 e. The summed E-state index contributed by atoms with van der Waals surface area (Å²) in [4.78, 5) is 31.9. The van der Waals surface area contributed by atoms with Crippen molar-refractivity contribution < 1.29 is 14.3 Å². The average Bonchev–Trinajstić information content (AvgIpc) is 3.13. The summed E-state index contributed by atoms with van der Waals surface area (Å²) in [5.41, 5.74) is 3.33. The molecule has 1 atom stereocenters. The number of thiazole rings is 1. The lowest BCUT2D eigenvalue weighted by Crippen LogP contribution is -2.40. The van der Waals surface area contributed by atoms with Gasteiger partial charge in [0.05, 0.1) is 22.4 Å². The van der Waals surface area contributed by atoms with E-state index in [1.165, 1.54) is 24.0 Å². The molecule has 35 heavy (non-hydrogen) atoms. The Balaban J connectivity index is 1.86. The highest BCUT2D eigenvalue weighted by Gasteiger charge is 2.34. The summed E-state index contributed by atoms with van der Waals surface area (Å²) in [6, 6.07) is 14.6. The van der Waals surface area contributed by atoms with Crippen LogP contribution in [0.4, 0.5) is 0 Å². The fourth-order valence-electron chi connectivity index (χ4n) is 4.00. The zero-order chi connectivity index (χ0) is 25.1. The van der Waals surface area contributed by atoms with E-state index in [-0.39, 0.29) is 24.3 Å². The maximum Gasteiger partial charge on any atom is 0.338 e. The molecule has 1 unspecified atom stereocenters. The summed E-state index contributed by atoms with van der Waals surface area (Å²) in [5, 5.41) is 0.452. The van der Waals surface area contributed by atoms with Crippen LogP contribution in [-0.4, -0.2) is 30.9 Å². The fraction of sp³-hybridized carbons (Fsp3) is 0.296. The van der Waals surface area contributed by atoms with E-state index < -0.39 is 12.0 Å². The topological polar surface area (TPSA) is 69.9 Å². The molecule has 1 aliphatic rings. The second-order valence-corrected chi connectivity index (χ2v) is 9.97. The minimum atomic E-state index is -0.750. The van der Waals surface area contributed by atoms with E-state index >= 15 is 0 Å². The maximum atomic E-state index is 13.7. The van der Waals surface area contributed by atoms with Gasteiger partial charge in [-0.1, -0.05) is 79.2 Å². The summed E-state index contributed by atoms with van der Waals surface area (Å²) < 4.78 is 12.5. The lowest BCUT2D eigenvalue weighted by atomic mass is 9.96. The highest BCUT2D eigenvalue weighted by molar-refractivity contribution is 7.07. The fourth-order valence-corrected chi connectivity index (χ4v) is 5.28. The summed E-state index contributed by atoms with van der Waals surface area (Å²) >= 11 is 7.84. The molecule has 8 heteroatoms. The smallest absolute Gasteiger partial charge is 0.338 e. The summed E-state index contributed by atoms with van der Waals surface area (Å²) in [6.07, 6.45) is 1.85. The van der Waals surface area contributed by atoms with Gasteiger partial charge in [0.25, 0.3) is 5.56 Å². The molecule has 0 N–H and O–H groups in total. The van der Waals surface area contributed by atoms with Crippen LogP contribution in [0.15, 0.2) is 69.6 Å². The molecule has 0 aliphatic carbocycles. The molecule has 0 amide bonds. The number of aromatic nitrogens is 1. The van der Waals surface area contributed by atoms with E-state index in [0.29, 0.717) is 31.5 Å². The normalized spacial score (nSPS) is 15.8. The van der Waals surface area contributed by atoms with Crippen molar-refractivity contribution in [3.05, 3.63) is 101 Å². The van der Waals surface area contributed by atoms with Gasteiger partial charge in [-0.15, -0.1) is 0 Å². The van der Waals surface area contributed by atoms with Gasteiger partial charge in [-0.2, -0.15) is 0 Å². The number of allylic oxidation sites excluding steroid dienone is 1. The van der Waals surface area contributed by atoms with Crippen LogP contribution in [-0.2, 0) is 14.3 Å². The van der Waals surface area contributed by atoms with E-state index in [2.05, 4.69) is 31.0 Å². The third kappa shape index (κ3) is 5.17. The number of rotatable bonds is 7. The van der Waals surface area contributed by atoms with Crippen LogP contribution >= 0.6 is 22.9 Å². The number of methoxy groups -OCH3 is 1. The van der Waals surface area contributed by atoms with E-state index in [1.54, 1.807) is 17.6 Å². The number of benzene rings is 2. The summed E-state index contributed by atoms with van der Waals surface area (Å²) in [6.45, 7) is 6.39. The van der Waals surface area contributed by atoms with Crippen molar-refractivity contribution in [2.45, 2.75) is 32.7 Å². The monoisotopic (exact) mass is 510 g/mol. The Kier molecular flexibility index (Phi) is 7.69. The standard InChI is InChI=1S/C27H27ClN2O4S/c1-16(2)19-11-9-18(10-12-19)15-22-25(31)30-24(20-7-5-6-8-21(20)28)23(17(3)29-27(30)35-22)26(32)34-14-13-33-4/h5-12,15-16,24H,13-14H2,1-4H3. The molecule has 0 fully saturated rings. The van der Waals surface area contributed by atoms with Crippen molar-refractivity contribution in [3.8, 4) is 0 Å². The number of carbonyl (C=O) groups excluding carboxylic acids is 1. The van der Waals surface area contributed by atoms with Crippen molar-refractivity contribution in [2.75, 3.05) is 20.3 Å². The molecule has 2 aromatic carbocycles. The van der Waals surface area contributed by atoms with Crippen LogP contribution in [0.5, 0.6) is 0 Å². The van der Waals surface area contributed by atoms with E-state index in [1.807, 2.05) is 36.4 Å². The Labute approximate surface area is 212 Å². The Morgan fingerprint density at radius 2 is 1.89 bits per heavy atom. The maximum absolute atomic E-state index is 13.7. The lowest BCUT2D eigenvalue weighted by molar-refractivity contribution is -0.140. The second-order valence-electron chi connectivity index (χ2n) is 8.55. The zero-order valence-corrected chi connectivity index (χ0v) is 21.7. The van der Waals surface area contributed by atoms with Gasteiger partial charge in [0, 0.05) is 12.1 Å². The molecule has 0 radical (unpaired) electrons. The van der Waals surface area contributed by atoms with Gasteiger partial charge in [-0.3, -0.25) is 9.36 Å². The first-order valence-electron chi connectivity index (χ1n) is 11.3. The van der Waals surface area contributed by atoms with Crippen LogP contribution in [0.1, 0.15) is 49.4 Å². The first-order valence-corrected chi connectivity index (χ1v) is 12.5. The second kappa shape index (κ2) is 10.7. The third-order valence-corrected chi connectivity index (χ3v) is 7.19. The quantitative estimate of drug-likeness (QED) is 0.353. The van der Waals surface area contributed by atoms with Crippen LogP contribution < -0.4 is 14.9 Å². The molecule has 1 aromatic heterocycles. The van der Waals surface area contributed by atoms with Crippen molar-refractivity contribution >= 4 is 35.0 Å². The van der Waals surface area contributed by atoms with Gasteiger partial charge < -0.3 is 9.47 Å². The predicted molar refractivity (Wildman–Crippen MR) is 139 cm³/mol. The summed E-state index contributed by atoms with van der Waals surface area (Å²) in [5.74, 6) is -0.123. The number of nitrogens with zero attached hydrogens (tertiary/aromatic N) is 2. The van der Waals surface area contributed by atoms with E-state index in [0.717, 1.165) is 5.56 Å². The average molecular weight is 511 g/mol. The Morgan fingerprint density at radius 3 is 2.54 bits per heavy atom. The van der Waals surface area contributed by atoms with Crippen molar-refractivity contribution in [3.63, 3.8) is 0 Å². The van der Waals surface area contributed by atoms with Crippen LogP contribution in [0.2, 0.25) is 5.02 Å². The Morgan fingerprint density at radius 1 is 1.17 bits per heavy atom. The number of halogens is 1. The Hall–Kier alpha value is -3.00. The molecule has 3 aromatic rings. The molecule has 2 heterocycles. The predicted octanol–water partition coefficient (Wildman–Crippen LogP) is 4.20. The Bertz CT molecular complexity index is 1450. The van der Waals surface area contributed by atoms with E-state index in [9.17, 15) is 9.59 Å². The zero-order valence-electron chi connectivity index (χ0n) is 20.1. The minimum absolute atomic E-state index is 0.0954. The molecule has 0 bridgehead atoms. The van der Waals surface area contributed by atoms with Crippen molar-refractivity contribution in [1.29, 1.82) is 0 Å². The van der Waals surface area contributed by atoms with Gasteiger partial charge in [0.1, 0.15) is 12.6 Å². The number of fused-ring (bicyclic) bond motifs is 1. The highest BCUT2D eigenvalue weighted by atomic mass is 35.5. The molecule has 4 rings (SSSR count). The molecule has 0 saturated carbocycles. The van der Waals surface area contributed by atoms with Gasteiger partial charge >= 0.3 is 5.97 Å². The first kappa shape index (κ1) is 25.1. The first-order chi connectivity index (χ1) is 16.8. The van der Waals surface area contributed by atoms with E-state index in [4.69, 9.17) is 21.1 Å². The molecule has 6 nitrogen and oxygen atoms in total. The van der Waals surface area contributed by atoms with Gasteiger partial charge in [-0.05, 0) is 41.7 Å². The van der Waals surface area contributed by atoms with Gasteiger partial charge in [0.2, 0.25) is 0 Å². The highest BCUT2D eigenvalue weighted by Crippen LogP contribution is 2.34. The van der Waals surface area contributed by atoms with Gasteiger partial charge in [0.15, 0.2) is 4.80 Å². The van der Waals surface area contributed by atoms with Crippen molar-refractivity contribution in [2.24, 2.45) is 4.99 Å². The number of esters is 1. The molecular weight excluding hydrogens is 484 g/mol. The number of hydrogen-bond acceptors (Lipinski definition) is 6. The third-order valence-electron chi connectivity index (χ3n) is 5.86. The van der Waals surface area contributed by atoms with Crippen LogP contribution in [0.25, 0.3) is 6.08 Å². The van der Waals surface area contributed by atoms with Gasteiger partial charge in [-0.25, -0.2) is 9.79 Å². The molecule has 0 spiro atoms.